The lowest BCUT2D eigenvalue weighted by atomic mass is 10.0. The molecule has 1 aliphatic heterocycles. The molecule has 1 aliphatic rings. The highest BCUT2D eigenvalue weighted by atomic mass is 32.1. The molecular weight excluding hydrogens is 430 g/mol. The van der Waals surface area contributed by atoms with Crippen molar-refractivity contribution >= 4 is 17.2 Å². The molecule has 0 N–H and O–H groups in total. The SMILES string of the molecule is CCCCN1CCCN(C(=O)c2sc(-c3ccc(-c4ccc(OC)cc4)cc3)nc2C)CC1. The predicted octanol–water partition coefficient (Wildman–Crippen LogP) is 5.74. The van der Waals surface area contributed by atoms with Crippen molar-refractivity contribution in [1.29, 1.82) is 0 Å². The van der Waals surface area contributed by atoms with Crippen molar-refractivity contribution in [2.75, 3.05) is 39.8 Å². The van der Waals surface area contributed by atoms with E-state index in [-0.39, 0.29) is 5.91 Å². The minimum atomic E-state index is 0.128. The van der Waals surface area contributed by atoms with Gasteiger partial charge in [-0.2, -0.15) is 0 Å². The van der Waals surface area contributed by atoms with Crippen molar-refractivity contribution in [2.24, 2.45) is 0 Å². The molecule has 0 radical (unpaired) electrons. The molecule has 33 heavy (non-hydrogen) atoms. The second-order valence-electron chi connectivity index (χ2n) is 8.58. The summed E-state index contributed by atoms with van der Waals surface area (Å²) in [7, 11) is 1.67. The molecule has 1 aromatic heterocycles. The van der Waals surface area contributed by atoms with E-state index in [1.807, 2.05) is 24.0 Å². The van der Waals surface area contributed by atoms with Gasteiger partial charge in [-0.05, 0) is 56.1 Å². The van der Waals surface area contributed by atoms with Crippen LogP contribution in [0, 0.1) is 6.92 Å². The zero-order chi connectivity index (χ0) is 23.2. The van der Waals surface area contributed by atoms with Crippen LogP contribution in [0.15, 0.2) is 48.5 Å². The van der Waals surface area contributed by atoms with Crippen molar-refractivity contribution in [1.82, 2.24) is 14.8 Å². The Kier molecular flexibility index (Phi) is 7.78. The van der Waals surface area contributed by atoms with Crippen LogP contribution >= 0.6 is 11.3 Å². The monoisotopic (exact) mass is 463 g/mol. The summed E-state index contributed by atoms with van der Waals surface area (Å²) in [6.07, 6.45) is 3.47. The smallest absolute Gasteiger partial charge is 0.265 e. The summed E-state index contributed by atoms with van der Waals surface area (Å²) in [4.78, 5) is 23.3. The van der Waals surface area contributed by atoms with Crippen LogP contribution in [-0.4, -0.2) is 60.5 Å². The lowest BCUT2D eigenvalue weighted by molar-refractivity contribution is 0.0765. The molecule has 2 heterocycles. The quantitative estimate of drug-likeness (QED) is 0.448. The second-order valence-corrected chi connectivity index (χ2v) is 9.58. The van der Waals surface area contributed by atoms with E-state index in [0.29, 0.717) is 0 Å². The molecule has 2 aromatic carbocycles. The molecule has 4 rings (SSSR count). The number of rotatable bonds is 7. The average Bonchev–Trinajstić information content (AvgIpc) is 3.09. The van der Waals surface area contributed by atoms with E-state index < -0.39 is 0 Å². The molecule has 0 atom stereocenters. The standard InChI is InChI=1S/C27H33N3O2S/c1-4-5-15-29-16-6-17-30(19-18-29)27(31)25-20(2)28-26(33-25)23-9-7-21(8-10-23)22-11-13-24(32-3)14-12-22/h7-14H,4-6,15-19H2,1-3H3. The number of nitrogens with zero attached hydrogens (tertiary/aromatic N) is 3. The topological polar surface area (TPSA) is 45.7 Å². The van der Waals surface area contributed by atoms with Gasteiger partial charge in [-0.3, -0.25) is 4.79 Å². The molecule has 1 saturated heterocycles. The first-order valence-electron chi connectivity index (χ1n) is 11.8. The first-order valence-corrected chi connectivity index (χ1v) is 12.6. The third-order valence-electron chi connectivity index (χ3n) is 6.25. The van der Waals surface area contributed by atoms with E-state index in [9.17, 15) is 4.79 Å². The van der Waals surface area contributed by atoms with Gasteiger partial charge >= 0.3 is 0 Å². The Labute approximate surface area is 201 Å². The largest absolute Gasteiger partial charge is 0.497 e. The highest BCUT2D eigenvalue weighted by molar-refractivity contribution is 7.17. The zero-order valence-electron chi connectivity index (χ0n) is 19.8. The van der Waals surface area contributed by atoms with Gasteiger partial charge in [0.1, 0.15) is 15.6 Å². The number of thiazole rings is 1. The molecule has 1 fully saturated rings. The van der Waals surface area contributed by atoms with Crippen LogP contribution in [0.2, 0.25) is 0 Å². The van der Waals surface area contributed by atoms with Gasteiger partial charge in [0.05, 0.1) is 12.8 Å². The van der Waals surface area contributed by atoms with Gasteiger partial charge in [0, 0.05) is 25.2 Å². The van der Waals surface area contributed by atoms with E-state index in [1.54, 1.807) is 7.11 Å². The van der Waals surface area contributed by atoms with Gasteiger partial charge in [0.2, 0.25) is 0 Å². The van der Waals surface area contributed by atoms with Crippen molar-refractivity contribution in [3.8, 4) is 27.4 Å². The fourth-order valence-corrected chi connectivity index (χ4v) is 5.27. The van der Waals surface area contributed by atoms with Gasteiger partial charge in [-0.25, -0.2) is 4.98 Å². The van der Waals surface area contributed by atoms with Gasteiger partial charge in [0.25, 0.3) is 5.91 Å². The van der Waals surface area contributed by atoms with Crippen molar-refractivity contribution in [3.05, 3.63) is 59.1 Å². The van der Waals surface area contributed by atoms with Crippen LogP contribution in [0.4, 0.5) is 0 Å². The van der Waals surface area contributed by atoms with Crippen LogP contribution in [-0.2, 0) is 0 Å². The van der Waals surface area contributed by atoms with Gasteiger partial charge in [-0.15, -0.1) is 11.3 Å². The Morgan fingerprint density at radius 3 is 2.30 bits per heavy atom. The zero-order valence-corrected chi connectivity index (χ0v) is 20.7. The minimum Gasteiger partial charge on any atom is -0.497 e. The molecular formula is C27H33N3O2S. The van der Waals surface area contributed by atoms with Crippen molar-refractivity contribution in [2.45, 2.75) is 33.1 Å². The Hall–Kier alpha value is -2.70. The molecule has 0 bridgehead atoms. The molecule has 0 unspecified atom stereocenters. The van der Waals surface area contributed by atoms with Crippen LogP contribution in [0.25, 0.3) is 21.7 Å². The van der Waals surface area contributed by atoms with Gasteiger partial charge in [-0.1, -0.05) is 49.7 Å². The normalized spacial score (nSPS) is 14.8. The Bertz CT molecular complexity index is 1060. The lowest BCUT2D eigenvalue weighted by Crippen LogP contribution is -2.35. The maximum absolute atomic E-state index is 13.3. The van der Waals surface area contributed by atoms with Gasteiger partial charge in [0.15, 0.2) is 0 Å². The number of hydrogen-bond acceptors (Lipinski definition) is 5. The predicted molar refractivity (Wildman–Crippen MR) is 136 cm³/mol. The highest BCUT2D eigenvalue weighted by Crippen LogP contribution is 2.31. The summed E-state index contributed by atoms with van der Waals surface area (Å²) in [6, 6.07) is 16.4. The molecule has 0 saturated carbocycles. The summed E-state index contributed by atoms with van der Waals surface area (Å²) in [5.41, 5.74) is 4.15. The maximum atomic E-state index is 13.3. The first-order chi connectivity index (χ1) is 16.1. The van der Waals surface area contributed by atoms with Crippen molar-refractivity contribution < 1.29 is 9.53 Å². The Morgan fingerprint density at radius 2 is 1.64 bits per heavy atom. The van der Waals surface area contributed by atoms with Crippen molar-refractivity contribution in [3.63, 3.8) is 0 Å². The number of ether oxygens (including phenoxy) is 1. The number of hydrogen-bond donors (Lipinski definition) is 0. The number of methoxy groups -OCH3 is 1. The molecule has 0 spiro atoms. The number of carbonyl (C=O) groups is 1. The molecule has 6 heteroatoms. The number of benzene rings is 2. The van der Waals surface area contributed by atoms with E-state index in [0.717, 1.165) is 77.2 Å². The van der Waals surface area contributed by atoms with E-state index in [2.05, 4.69) is 48.2 Å². The maximum Gasteiger partial charge on any atom is 0.265 e. The Balaban J connectivity index is 1.46. The third-order valence-corrected chi connectivity index (χ3v) is 7.44. The van der Waals surface area contributed by atoms with E-state index >= 15 is 0 Å². The highest BCUT2D eigenvalue weighted by Gasteiger charge is 2.24. The number of carbonyl (C=O) groups excluding carboxylic acids is 1. The van der Waals surface area contributed by atoms with Crippen LogP contribution in [0.3, 0.4) is 0 Å². The van der Waals surface area contributed by atoms with Crippen LogP contribution < -0.4 is 4.74 Å². The fraction of sp³-hybridized carbons (Fsp3) is 0.407. The summed E-state index contributed by atoms with van der Waals surface area (Å²) in [6.45, 7) is 8.97. The molecule has 1 amide bonds. The van der Waals surface area contributed by atoms with Crippen LogP contribution in [0.1, 0.15) is 41.6 Å². The molecule has 174 valence electrons. The first kappa shape index (κ1) is 23.5. The molecule has 0 aliphatic carbocycles. The molecule has 3 aromatic rings. The number of amides is 1. The second kappa shape index (κ2) is 10.9. The fourth-order valence-electron chi connectivity index (χ4n) is 4.23. The number of aromatic nitrogens is 1. The van der Waals surface area contributed by atoms with Crippen LogP contribution in [0.5, 0.6) is 5.75 Å². The van der Waals surface area contributed by atoms with E-state index in [1.165, 1.54) is 24.2 Å². The molecule has 5 nitrogen and oxygen atoms in total. The number of unbranched alkanes of at least 4 members (excludes halogenated alkanes) is 1. The lowest BCUT2D eigenvalue weighted by Gasteiger charge is -2.21. The summed E-state index contributed by atoms with van der Waals surface area (Å²) in [5.74, 6) is 0.979. The van der Waals surface area contributed by atoms with Gasteiger partial charge < -0.3 is 14.5 Å². The average molecular weight is 464 g/mol. The third kappa shape index (κ3) is 5.63. The summed E-state index contributed by atoms with van der Waals surface area (Å²) < 4.78 is 5.25. The van der Waals surface area contributed by atoms with E-state index in [4.69, 9.17) is 9.72 Å². The minimum absolute atomic E-state index is 0.128. The summed E-state index contributed by atoms with van der Waals surface area (Å²) >= 11 is 1.51. The summed E-state index contributed by atoms with van der Waals surface area (Å²) in [5, 5.41) is 0.900. The number of aryl methyl sites for hydroxylation is 1. The Morgan fingerprint density at radius 1 is 0.970 bits per heavy atom.